The molecule has 5 aliphatic carbocycles. The van der Waals surface area contributed by atoms with Crippen molar-refractivity contribution in [3.8, 4) is 0 Å². The minimum atomic E-state index is -1.65. The fourth-order valence-electron chi connectivity index (χ4n) is 13.4. The van der Waals surface area contributed by atoms with Crippen LogP contribution in [-0.2, 0) is 33.3 Å². The summed E-state index contributed by atoms with van der Waals surface area (Å²) < 4.78 is 29.1. The first-order valence-electron chi connectivity index (χ1n) is 20.6. The highest BCUT2D eigenvalue weighted by Crippen LogP contribution is 2.75. The summed E-state index contributed by atoms with van der Waals surface area (Å²) in [5.41, 5.74) is -0.674. The van der Waals surface area contributed by atoms with E-state index in [4.69, 9.17) is 23.7 Å². The van der Waals surface area contributed by atoms with Crippen LogP contribution in [0.25, 0.3) is 0 Å². The van der Waals surface area contributed by atoms with Crippen molar-refractivity contribution in [1.82, 2.24) is 0 Å². The smallest absolute Gasteiger partial charge is 0.311 e. The number of esters is 1. The largest absolute Gasteiger partial charge is 0.469 e. The first-order valence-corrected chi connectivity index (χ1v) is 20.6. The van der Waals surface area contributed by atoms with Gasteiger partial charge < -0.3 is 54.3 Å². The minimum Gasteiger partial charge on any atom is -0.469 e. The maximum Gasteiger partial charge on any atom is 0.311 e. The molecule has 0 aromatic heterocycles. The van der Waals surface area contributed by atoms with Crippen LogP contribution < -0.4 is 0 Å². The lowest BCUT2D eigenvalue weighted by atomic mass is 9.33. The average molecular weight is 779 g/mol. The van der Waals surface area contributed by atoms with Crippen molar-refractivity contribution in [1.29, 1.82) is 0 Å². The Bertz CT molecular complexity index is 1530. The van der Waals surface area contributed by atoms with Crippen molar-refractivity contribution in [3.63, 3.8) is 0 Å². The molecule has 0 radical (unpaired) electrons. The molecule has 2 aliphatic heterocycles. The van der Waals surface area contributed by atoms with Crippen LogP contribution in [0.15, 0.2) is 11.6 Å². The number of methoxy groups -OCH3 is 1. The molecule has 312 valence electrons. The summed E-state index contributed by atoms with van der Waals surface area (Å²) in [6.07, 6.45) is -3.97. The van der Waals surface area contributed by atoms with Gasteiger partial charge in [0.05, 0.1) is 31.8 Å². The zero-order chi connectivity index (χ0) is 40.3. The van der Waals surface area contributed by atoms with E-state index in [1.54, 1.807) is 0 Å². The topological polar surface area (TPSA) is 202 Å². The second kappa shape index (κ2) is 14.1. The molecule has 4 saturated carbocycles. The molecule has 0 aromatic rings. The van der Waals surface area contributed by atoms with Crippen LogP contribution in [0.4, 0.5) is 0 Å². The number of ether oxygens (including phenoxy) is 5. The van der Waals surface area contributed by atoms with Crippen molar-refractivity contribution in [2.75, 3.05) is 20.3 Å². The molecule has 0 spiro atoms. The van der Waals surface area contributed by atoms with E-state index in [-0.39, 0.29) is 57.8 Å². The van der Waals surface area contributed by atoms with E-state index in [0.29, 0.717) is 19.3 Å². The van der Waals surface area contributed by atoms with Gasteiger partial charge in [0.25, 0.3) is 0 Å². The van der Waals surface area contributed by atoms with Gasteiger partial charge in [-0.05, 0) is 110 Å². The molecular formula is C42H66O13. The van der Waals surface area contributed by atoms with Crippen molar-refractivity contribution in [3.05, 3.63) is 11.6 Å². The van der Waals surface area contributed by atoms with Gasteiger partial charge in [0.2, 0.25) is 0 Å². The van der Waals surface area contributed by atoms with E-state index >= 15 is 0 Å². The Hall–Kier alpha value is -1.52. The number of hydrogen-bond acceptors (Lipinski definition) is 13. The van der Waals surface area contributed by atoms with E-state index < -0.39 is 78.8 Å². The highest BCUT2D eigenvalue weighted by Gasteiger charge is 2.70. The third-order valence-electron chi connectivity index (χ3n) is 17.1. The Morgan fingerprint density at radius 2 is 1.53 bits per heavy atom. The molecule has 0 aromatic carbocycles. The summed E-state index contributed by atoms with van der Waals surface area (Å²) in [6, 6.07) is 0. The highest BCUT2D eigenvalue weighted by molar-refractivity contribution is 5.95. The first-order chi connectivity index (χ1) is 25.6. The van der Waals surface area contributed by atoms with Crippen LogP contribution in [0, 0.1) is 50.2 Å². The third-order valence-corrected chi connectivity index (χ3v) is 17.1. The third kappa shape index (κ3) is 6.15. The summed E-state index contributed by atoms with van der Waals surface area (Å²) in [6.45, 7) is 14.8. The zero-order valence-electron chi connectivity index (χ0n) is 33.9. The number of aliphatic hydroxyl groups is 6. The van der Waals surface area contributed by atoms with E-state index in [1.807, 2.05) is 13.0 Å². The van der Waals surface area contributed by atoms with Crippen LogP contribution in [0.1, 0.15) is 106 Å². The Kier molecular flexibility index (Phi) is 10.6. The summed E-state index contributed by atoms with van der Waals surface area (Å²) >= 11 is 0. The van der Waals surface area contributed by atoms with Gasteiger partial charge in [0.15, 0.2) is 18.4 Å². The van der Waals surface area contributed by atoms with Gasteiger partial charge in [-0.1, -0.05) is 47.1 Å². The van der Waals surface area contributed by atoms with Gasteiger partial charge in [-0.15, -0.1) is 0 Å². The van der Waals surface area contributed by atoms with Crippen LogP contribution >= 0.6 is 0 Å². The van der Waals surface area contributed by atoms with Gasteiger partial charge in [0.1, 0.15) is 42.7 Å². The first kappa shape index (κ1) is 41.6. The summed E-state index contributed by atoms with van der Waals surface area (Å²) in [5, 5.41) is 63.2. The molecule has 18 atom stereocenters. The summed E-state index contributed by atoms with van der Waals surface area (Å²) in [4.78, 5) is 27.9. The molecule has 0 unspecified atom stereocenters. The number of hydrogen-bond donors (Lipinski definition) is 6. The van der Waals surface area contributed by atoms with Gasteiger partial charge in [-0.2, -0.15) is 0 Å². The quantitative estimate of drug-likeness (QED) is 0.170. The predicted octanol–water partition coefficient (Wildman–Crippen LogP) is 2.79. The molecule has 13 heteroatoms. The lowest BCUT2D eigenvalue weighted by Crippen LogP contribution is -2.67. The molecule has 7 aliphatic rings. The van der Waals surface area contributed by atoms with E-state index in [0.717, 1.165) is 38.5 Å². The molecule has 13 nitrogen and oxygen atoms in total. The lowest BCUT2D eigenvalue weighted by Gasteiger charge is -2.70. The fraction of sp³-hybridized carbons (Fsp3) is 0.905. The molecule has 2 saturated heterocycles. The number of fused-ring (bicyclic) bond motifs is 7. The second-order valence-corrected chi connectivity index (χ2v) is 20.3. The van der Waals surface area contributed by atoms with Crippen LogP contribution in [0.5, 0.6) is 0 Å². The van der Waals surface area contributed by atoms with E-state index in [9.17, 15) is 40.2 Å². The van der Waals surface area contributed by atoms with Gasteiger partial charge >= 0.3 is 5.97 Å². The number of carbonyl (C=O) groups excluding carboxylic acids is 2. The van der Waals surface area contributed by atoms with Gasteiger partial charge in [-0.3, -0.25) is 9.59 Å². The van der Waals surface area contributed by atoms with Gasteiger partial charge in [-0.25, -0.2) is 0 Å². The Morgan fingerprint density at radius 3 is 2.20 bits per heavy atom. The van der Waals surface area contributed by atoms with Crippen molar-refractivity contribution >= 4 is 11.8 Å². The number of carbonyl (C=O) groups is 2. The van der Waals surface area contributed by atoms with Crippen LogP contribution in [0.3, 0.4) is 0 Å². The van der Waals surface area contributed by atoms with Crippen molar-refractivity contribution < 1.29 is 63.9 Å². The Balaban J connectivity index is 1.13. The van der Waals surface area contributed by atoms with E-state index in [2.05, 4.69) is 41.5 Å². The van der Waals surface area contributed by atoms with Crippen molar-refractivity contribution in [2.45, 2.75) is 168 Å². The molecule has 6 N–H and O–H groups in total. The molecule has 55 heavy (non-hydrogen) atoms. The van der Waals surface area contributed by atoms with E-state index in [1.165, 1.54) is 12.7 Å². The Morgan fingerprint density at radius 1 is 0.836 bits per heavy atom. The second-order valence-electron chi connectivity index (χ2n) is 20.3. The SMILES string of the molecule is COC(=O)[C@@]1(C)CC[C@]2(C)CC[C@]3(C)C(=CC(=O)[C@@H]4[C@@]5(C)CC[C@H](O[C@@H]6O[C@H](CO)[C@@H](O)[C@H](O[C@@H]7OC[C@@H](O)[C@H](O)[C@H]7O)[C@H]6O)C(C)(C)[C@@H]5CC[C@]43C)[C@@H]2C1. The molecule has 0 amide bonds. The number of aliphatic hydroxyl groups excluding tert-OH is 6. The Labute approximate surface area is 325 Å². The standard InChI is InChI=1S/C42H66O13/c1-37(2)26-9-12-42(7)33(23(44)17-21-22-18-39(4,36(50)51-8)14-13-38(22,3)15-16-41(21,42)6)40(26,5)11-10-27(37)54-35-31(49)32(29(47)25(19-43)53-35)55-34-30(48)28(46)24(45)20-52-34/h17,22,24-35,43,45-49H,9-16,18-20H2,1-8H3/t22-,24+,25+,26-,27-,28-,29+,30+,31+,32-,33+,34-,35-,38+,39-,40-,41+,42+/m0/s1. The number of ketones is 1. The fourth-order valence-corrected chi connectivity index (χ4v) is 13.4. The summed E-state index contributed by atoms with van der Waals surface area (Å²) in [5.74, 6) is 0.000578. The number of allylic oxidation sites excluding steroid dienone is 2. The molecular weight excluding hydrogens is 712 g/mol. The summed E-state index contributed by atoms with van der Waals surface area (Å²) in [7, 11) is 1.47. The monoisotopic (exact) mass is 778 g/mol. The normalized spacial score (nSPS) is 53.5. The van der Waals surface area contributed by atoms with Crippen LogP contribution in [-0.4, -0.2) is 124 Å². The maximum absolute atomic E-state index is 14.9. The maximum atomic E-state index is 14.9. The predicted molar refractivity (Wildman–Crippen MR) is 197 cm³/mol. The molecule has 6 fully saturated rings. The minimum absolute atomic E-state index is 0.0225. The van der Waals surface area contributed by atoms with Crippen LogP contribution in [0.2, 0.25) is 0 Å². The lowest BCUT2D eigenvalue weighted by molar-refractivity contribution is -0.361. The molecule has 7 rings (SSSR count). The van der Waals surface area contributed by atoms with Crippen molar-refractivity contribution in [2.24, 2.45) is 50.2 Å². The van der Waals surface area contributed by atoms with Gasteiger partial charge in [0, 0.05) is 5.92 Å². The molecule has 0 bridgehead atoms. The average Bonchev–Trinajstić information content (AvgIpc) is 3.13. The number of rotatable bonds is 6. The zero-order valence-corrected chi connectivity index (χ0v) is 33.9. The highest BCUT2D eigenvalue weighted by atomic mass is 16.7. The molecule has 2 heterocycles.